The molecule has 0 saturated carbocycles. The molecular formula is C8H8N2O2S. The molecule has 0 aromatic carbocycles. The van der Waals surface area contributed by atoms with Gasteiger partial charge in [0.1, 0.15) is 5.69 Å². The number of carboxylic acids is 1. The Morgan fingerprint density at radius 1 is 1.62 bits per heavy atom. The van der Waals surface area contributed by atoms with Gasteiger partial charge in [-0.2, -0.15) is 0 Å². The van der Waals surface area contributed by atoms with E-state index in [1.807, 2.05) is 13.8 Å². The van der Waals surface area contributed by atoms with Crippen molar-refractivity contribution in [2.45, 2.75) is 13.8 Å². The summed E-state index contributed by atoms with van der Waals surface area (Å²) in [6.07, 6.45) is 0. The van der Waals surface area contributed by atoms with Crippen molar-refractivity contribution in [1.82, 2.24) is 9.38 Å². The van der Waals surface area contributed by atoms with E-state index in [0.29, 0.717) is 0 Å². The van der Waals surface area contributed by atoms with Crippen molar-refractivity contribution in [3.05, 3.63) is 22.5 Å². The Morgan fingerprint density at radius 2 is 2.31 bits per heavy atom. The van der Waals surface area contributed by atoms with Gasteiger partial charge in [-0.05, 0) is 13.8 Å². The van der Waals surface area contributed by atoms with Crippen LogP contribution in [0.15, 0.2) is 5.38 Å². The van der Waals surface area contributed by atoms with Crippen molar-refractivity contribution in [3.63, 3.8) is 0 Å². The van der Waals surface area contributed by atoms with Crippen LogP contribution in [0, 0.1) is 13.8 Å². The van der Waals surface area contributed by atoms with Crippen LogP contribution in [-0.4, -0.2) is 20.5 Å². The highest BCUT2D eigenvalue weighted by molar-refractivity contribution is 7.15. The number of aromatic nitrogens is 2. The highest BCUT2D eigenvalue weighted by Crippen LogP contribution is 2.19. The minimum Gasteiger partial charge on any atom is -0.477 e. The number of hydrogen-bond acceptors (Lipinski definition) is 3. The Hall–Kier alpha value is -1.36. The fourth-order valence-electron chi connectivity index (χ4n) is 1.25. The molecule has 0 aliphatic rings. The first kappa shape index (κ1) is 8.25. The zero-order valence-corrected chi connectivity index (χ0v) is 8.05. The summed E-state index contributed by atoms with van der Waals surface area (Å²) in [4.78, 5) is 15.8. The molecule has 0 radical (unpaired) electrons. The lowest BCUT2D eigenvalue weighted by molar-refractivity contribution is 0.0689. The van der Waals surface area contributed by atoms with Crippen molar-refractivity contribution in [1.29, 1.82) is 0 Å². The van der Waals surface area contributed by atoms with Gasteiger partial charge in [0.15, 0.2) is 4.96 Å². The molecule has 2 heterocycles. The summed E-state index contributed by atoms with van der Waals surface area (Å²) in [6.45, 7) is 3.75. The zero-order valence-electron chi connectivity index (χ0n) is 7.24. The maximum absolute atomic E-state index is 10.8. The van der Waals surface area contributed by atoms with Gasteiger partial charge in [-0.25, -0.2) is 9.78 Å². The van der Waals surface area contributed by atoms with Crippen LogP contribution in [0.4, 0.5) is 0 Å². The van der Waals surface area contributed by atoms with E-state index in [1.54, 1.807) is 9.78 Å². The number of aromatic carboxylic acids is 1. The SMILES string of the molecule is Cc1nc2scc(C(=O)O)n2c1C. The first-order valence-electron chi connectivity index (χ1n) is 3.77. The second kappa shape index (κ2) is 2.56. The summed E-state index contributed by atoms with van der Waals surface area (Å²) in [6, 6.07) is 0. The largest absolute Gasteiger partial charge is 0.477 e. The molecule has 0 spiro atoms. The van der Waals surface area contributed by atoms with E-state index < -0.39 is 5.97 Å². The highest BCUT2D eigenvalue weighted by atomic mass is 32.1. The molecule has 0 amide bonds. The third-order valence-corrected chi connectivity index (χ3v) is 2.88. The fraction of sp³-hybridized carbons (Fsp3) is 0.250. The van der Waals surface area contributed by atoms with E-state index >= 15 is 0 Å². The van der Waals surface area contributed by atoms with E-state index in [0.717, 1.165) is 16.3 Å². The van der Waals surface area contributed by atoms with Gasteiger partial charge in [-0.3, -0.25) is 4.40 Å². The second-order valence-electron chi connectivity index (χ2n) is 2.83. The molecule has 0 atom stereocenters. The molecule has 2 rings (SSSR count). The van der Waals surface area contributed by atoms with E-state index in [2.05, 4.69) is 4.98 Å². The molecule has 13 heavy (non-hydrogen) atoms. The Labute approximate surface area is 78.5 Å². The van der Waals surface area contributed by atoms with E-state index in [-0.39, 0.29) is 5.69 Å². The first-order chi connectivity index (χ1) is 6.11. The lowest BCUT2D eigenvalue weighted by atomic mass is 10.4. The molecule has 68 valence electrons. The van der Waals surface area contributed by atoms with Crippen molar-refractivity contribution < 1.29 is 9.90 Å². The smallest absolute Gasteiger partial charge is 0.353 e. The third kappa shape index (κ3) is 1.04. The predicted octanol–water partition coefficient (Wildman–Crippen LogP) is 1.71. The molecule has 0 fully saturated rings. The molecule has 0 bridgehead atoms. The van der Waals surface area contributed by atoms with Crippen LogP contribution in [0.5, 0.6) is 0 Å². The van der Waals surface area contributed by atoms with Crippen LogP contribution >= 0.6 is 11.3 Å². The Kier molecular flexibility index (Phi) is 1.63. The molecule has 4 nitrogen and oxygen atoms in total. The van der Waals surface area contributed by atoms with Crippen LogP contribution < -0.4 is 0 Å². The van der Waals surface area contributed by atoms with E-state index in [1.165, 1.54) is 11.3 Å². The monoisotopic (exact) mass is 196 g/mol. The van der Waals surface area contributed by atoms with E-state index in [9.17, 15) is 4.79 Å². The number of thiazole rings is 1. The number of fused-ring (bicyclic) bond motifs is 1. The number of imidazole rings is 1. The Bertz CT molecular complexity index is 484. The van der Waals surface area contributed by atoms with Gasteiger partial charge < -0.3 is 5.11 Å². The van der Waals surface area contributed by atoms with Gasteiger partial charge in [0, 0.05) is 11.1 Å². The first-order valence-corrected chi connectivity index (χ1v) is 4.65. The lowest BCUT2D eigenvalue weighted by Gasteiger charge is -1.94. The molecule has 2 aromatic rings. The maximum atomic E-state index is 10.8. The summed E-state index contributed by atoms with van der Waals surface area (Å²) < 4.78 is 1.67. The standard InChI is InChI=1S/C8H8N2O2S/c1-4-5(2)10-6(7(11)12)3-13-8(10)9-4/h3H,1-2H3,(H,11,12). The molecule has 0 aliphatic carbocycles. The minimum absolute atomic E-state index is 0.290. The number of rotatable bonds is 1. The van der Waals surface area contributed by atoms with Crippen LogP contribution in [0.1, 0.15) is 21.9 Å². The quantitative estimate of drug-likeness (QED) is 0.755. The fourth-order valence-corrected chi connectivity index (χ4v) is 2.20. The summed E-state index contributed by atoms with van der Waals surface area (Å²) in [7, 11) is 0. The van der Waals surface area contributed by atoms with Gasteiger partial charge in [-0.15, -0.1) is 11.3 Å². The summed E-state index contributed by atoms with van der Waals surface area (Å²) in [5, 5.41) is 10.5. The molecular weight excluding hydrogens is 188 g/mol. The number of carbonyl (C=O) groups is 1. The zero-order chi connectivity index (χ0) is 9.59. The lowest BCUT2D eigenvalue weighted by Crippen LogP contribution is -2.01. The van der Waals surface area contributed by atoms with Crippen molar-refractivity contribution in [3.8, 4) is 0 Å². The van der Waals surface area contributed by atoms with Gasteiger partial charge in [0.25, 0.3) is 0 Å². The van der Waals surface area contributed by atoms with Gasteiger partial charge in [-0.1, -0.05) is 0 Å². The number of hydrogen-bond donors (Lipinski definition) is 1. The van der Waals surface area contributed by atoms with E-state index in [4.69, 9.17) is 5.11 Å². The average molecular weight is 196 g/mol. The number of carboxylic acid groups (broad SMARTS) is 1. The van der Waals surface area contributed by atoms with Crippen molar-refractivity contribution >= 4 is 22.3 Å². The molecule has 0 saturated heterocycles. The van der Waals surface area contributed by atoms with Crippen LogP contribution in [-0.2, 0) is 0 Å². The topological polar surface area (TPSA) is 54.6 Å². The number of aryl methyl sites for hydroxylation is 2. The van der Waals surface area contributed by atoms with Gasteiger partial charge in [0.05, 0.1) is 5.69 Å². The van der Waals surface area contributed by atoms with Gasteiger partial charge >= 0.3 is 5.97 Å². The summed E-state index contributed by atoms with van der Waals surface area (Å²) >= 11 is 1.35. The maximum Gasteiger partial charge on any atom is 0.353 e. The Balaban J connectivity index is 2.85. The van der Waals surface area contributed by atoms with Crippen molar-refractivity contribution in [2.75, 3.05) is 0 Å². The van der Waals surface area contributed by atoms with Crippen LogP contribution in [0.3, 0.4) is 0 Å². The van der Waals surface area contributed by atoms with Crippen LogP contribution in [0.25, 0.3) is 4.96 Å². The summed E-state index contributed by atoms with van der Waals surface area (Å²) in [5.74, 6) is -0.910. The summed E-state index contributed by atoms with van der Waals surface area (Å²) in [5.41, 5.74) is 2.07. The predicted molar refractivity (Wildman–Crippen MR) is 49.5 cm³/mol. The Morgan fingerprint density at radius 3 is 2.92 bits per heavy atom. The molecule has 0 unspecified atom stereocenters. The average Bonchev–Trinajstić information content (AvgIpc) is 2.55. The van der Waals surface area contributed by atoms with Gasteiger partial charge in [0.2, 0.25) is 0 Å². The molecule has 2 aromatic heterocycles. The molecule has 5 heteroatoms. The van der Waals surface area contributed by atoms with Crippen molar-refractivity contribution in [2.24, 2.45) is 0 Å². The number of nitrogens with zero attached hydrogens (tertiary/aromatic N) is 2. The highest BCUT2D eigenvalue weighted by Gasteiger charge is 2.14. The van der Waals surface area contributed by atoms with Crippen LogP contribution in [0.2, 0.25) is 0 Å². The second-order valence-corrected chi connectivity index (χ2v) is 3.66. The molecule has 0 aliphatic heterocycles. The minimum atomic E-state index is -0.910. The normalized spacial score (nSPS) is 10.9. The molecule has 1 N–H and O–H groups in total. The third-order valence-electron chi connectivity index (χ3n) is 2.05.